The van der Waals surface area contributed by atoms with Crippen molar-refractivity contribution in [2.75, 3.05) is 18.0 Å². The van der Waals surface area contributed by atoms with Crippen LogP contribution in [0, 0.1) is 0 Å². The summed E-state index contributed by atoms with van der Waals surface area (Å²) in [6.07, 6.45) is 11.2. The van der Waals surface area contributed by atoms with Crippen molar-refractivity contribution < 1.29 is 0 Å². The van der Waals surface area contributed by atoms with Crippen LogP contribution in [0.25, 0.3) is 0 Å². The van der Waals surface area contributed by atoms with Crippen molar-refractivity contribution in [1.82, 2.24) is 9.97 Å². The second kappa shape index (κ2) is 6.69. The number of hydrogen-bond donors (Lipinski definition) is 1. The van der Waals surface area contributed by atoms with Gasteiger partial charge in [0.25, 0.3) is 0 Å². The first-order chi connectivity index (χ1) is 8.75. The normalized spacial score (nSPS) is 19.1. The van der Waals surface area contributed by atoms with Gasteiger partial charge >= 0.3 is 0 Å². The van der Waals surface area contributed by atoms with Crippen molar-refractivity contribution in [2.24, 2.45) is 5.73 Å². The lowest BCUT2D eigenvalue weighted by Gasteiger charge is -2.24. The number of hydrogen-bond acceptors (Lipinski definition) is 4. The topological polar surface area (TPSA) is 55.0 Å². The Morgan fingerprint density at radius 1 is 1.11 bits per heavy atom. The van der Waals surface area contributed by atoms with Gasteiger partial charge in [0.1, 0.15) is 0 Å². The standard InChI is InChI=1S/C14H24N4/c1-12(15)9-13-10-16-14(17-11-13)18-7-5-3-2-4-6-8-18/h10-12H,2-9,15H2,1H3. The quantitative estimate of drug-likeness (QED) is 0.890. The Balaban J connectivity index is 1.98. The molecule has 1 saturated heterocycles. The highest BCUT2D eigenvalue weighted by molar-refractivity contribution is 5.29. The maximum absolute atomic E-state index is 5.78. The van der Waals surface area contributed by atoms with E-state index < -0.39 is 0 Å². The van der Waals surface area contributed by atoms with E-state index in [0.717, 1.165) is 31.0 Å². The molecular formula is C14H24N4. The van der Waals surface area contributed by atoms with Crippen molar-refractivity contribution in [3.63, 3.8) is 0 Å². The molecule has 0 aromatic carbocycles. The molecule has 18 heavy (non-hydrogen) atoms. The van der Waals surface area contributed by atoms with Gasteiger partial charge in [0, 0.05) is 31.5 Å². The third kappa shape index (κ3) is 3.95. The van der Waals surface area contributed by atoms with Gasteiger partial charge in [-0.05, 0) is 31.7 Å². The van der Waals surface area contributed by atoms with Gasteiger partial charge in [-0.15, -0.1) is 0 Å². The van der Waals surface area contributed by atoms with Gasteiger partial charge in [-0.3, -0.25) is 0 Å². The molecule has 2 rings (SSSR count). The third-order valence-electron chi connectivity index (χ3n) is 3.39. The summed E-state index contributed by atoms with van der Waals surface area (Å²) in [6, 6.07) is 0.168. The third-order valence-corrected chi connectivity index (χ3v) is 3.39. The van der Waals surface area contributed by atoms with E-state index in [1.54, 1.807) is 0 Å². The summed E-state index contributed by atoms with van der Waals surface area (Å²) in [6.45, 7) is 4.19. The van der Waals surface area contributed by atoms with Gasteiger partial charge in [0.05, 0.1) is 0 Å². The van der Waals surface area contributed by atoms with Crippen LogP contribution >= 0.6 is 0 Å². The molecule has 100 valence electrons. The number of aromatic nitrogens is 2. The minimum atomic E-state index is 0.168. The molecule has 1 aliphatic heterocycles. The number of anilines is 1. The Bertz CT molecular complexity index is 339. The summed E-state index contributed by atoms with van der Waals surface area (Å²) in [7, 11) is 0. The first kappa shape index (κ1) is 13.3. The van der Waals surface area contributed by atoms with E-state index in [-0.39, 0.29) is 6.04 Å². The first-order valence-corrected chi connectivity index (χ1v) is 7.07. The molecule has 0 aliphatic carbocycles. The molecule has 0 saturated carbocycles. The van der Waals surface area contributed by atoms with E-state index in [9.17, 15) is 0 Å². The molecule has 2 N–H and O–H groups in total. The number of nitrogens with two attached hydrogens (primary N) is 1. The van der Waals surface area contributed by atoms with Crippen LogP contribution in [-0.4, -0.2) is 29.1 Å². The highest BCUT2D eigenvalue weighted by atomic mass is 15.2. The summed E-state index contributed by atoms with van der Waals surface area (Å²) in [5.41, 5.74) is 6.90. The molecule has 1 aliphatic rings. The van der Waals surface area contributed by atoms with E-state index >= 15 is 0 Å². The lowest BCUT2D eigenvalue weighted by molar-refractivity contribution is 0.550. The van der Waals surface area contributed by atoms with Gasteiger partial charge in [-0.1, -0.05) is 19.3 Å². The monoisotopic (exact) mass is 248 g/mol. The van der Waals surface area contributed by atoms with Gasteiger partial charge in [-0.2, -0.15) is 0 Å². The van der Waals surface area contributed by atoms with Crippen molar-refractivity contribution in [3.8, 4) is 0 Å². The lowest BCUT2D eigenvalue weighted by atomic mass is 10.1. The molecule has 2 heterocycles. The highest BCUT2D eigenvalue weighted by Crippen LogP contribution is 2.15. The molecule has 0 amide bonds. The largest absolute Gasteiger partial charge is 0.341 e. The van der Waals surface area contributed by atoms with Crippen molar-refractivity contribution in [3.05, 3.63) is 18.0 Å². The minimum absolute atomic E-state index is 0.168. The fourth-order valence-corrected chi connectivity index (χ4v) is 2.44. The van der Waals surface area contributed by atoms with Crippen LogP contribution in [0.1, 0.15) is 44.6 Å². The summed E-state index contributed by atoms with van der Waals surface area (Å²) in [4.78, 5) is 11.3. The first-order valence-electron chi connectivity index (χ1n) is 7.07. The Hall–Kier alpha value is -1.16. The molecule has 4 heteroatoms. The Morgan fingerprint density at radius 3 is 2.22 bits per heavy atom. The van der Waals surface area contributed by atoms with E-state index in [2.05, 4.69) is 14.9 Å². The molecule has 1 unspecified atom stereocenters. The Labute approximate surface area is 110 Å². The number of rotatable bonds is 3. The smallest absolute Gasteiger partial charge is 0.225 e. The van der Waals surface area contributed by atoms with Gasteiger partial charge in [0.2, 0.25) is 5.95 Å². The molecule has 0 radical (unpaired) electrons. The average molecular weight is 248 g/mol. The van der Waals surface area contributed by atoms with Crippen LogP contribution in [0.15, 0.2) is 12.4 Å². The van der Waals surface area contributed by atoms with Crippen LogP contribution in [0.4, 0.5) is 5.95 Å². The molecule has 1 aromatic heterocycles. The predicted octanol–water partition coefficient (Wildman–Crippen LogP) is 2.14. The SMILES string of the molecule is CC(N)Cc1cnc(N2CCCCCCC2)nc1. The van der Waals surface area contributed by atoms with Gasteiger partial charge in [-0.25, -0.2) is 9.97 Å². The molecule has 0 bridgehead atoms. The van der Waals surface area contributed by atoms with Crippen LogP contribution in [0.3, 0.4) is 0 Å². The Morgan fingerprint density at radius 2 is 1.67 bits per heavy atom. The van der Waals surface area contributed by atoms with Crippen molar-refractivity contribution in [2.45, 2.75) is 51.5 Å². The van der Waals surface area contributed by atoms with E-state index in [0.29, 0.717) is 0 Å². The van der Waals surface area contributed by atoms with E-state index in [4.69, 9.17) is 5.73 Å². The average Bonchev–Trinajstić information content (AvgIpc) is 2.29. The van der Waals surface area contributed by atoms with Crippen LogP contribution in [0.5, 0.6) is 0 Å². The second-order valence-corrected chi connectivity index (χ2v) is 5.33. The summed E-state index contributed by atoms with van der Waals surface area (Å²) in [5.74, 6) is 0.880. The molecule has 0 spiro atoms. The summed E-state index contributed by atoms with van der Waals surface area (Å²) >= 11 is 0. The van der Waals surface area contributed by atoms with Gasteiger partial charge in [0.15, 0.2) is 0 Å². The fraction of sp³-hybridized carbons (Fsp3) is 0.714. The Kier molecular flexibility index (Phi) is 4.93. The fourth-order valence-electron chi connectivity index (χ4n) is 2.44. The van der Waals surface area contributed by atoms with Crippen LogP contribution < -0.4 is 10.6 Å². The van der Waals surface area contributed by atoms with Crippen molar-refractivity contribution >= 4 is 5.95 Å². The summed E-state index contributed by atoms with van der Waals surface area (Å²) < 4.78 is 0. The molecule has 4 nitrogen and oxygen atoms in total. The maximum atomic E-state index is 5.78. The van der Waals surface area contributed by atoms with Crippen LogP contribution in [0.2, 0.25) is 0 Å². The minimum Gasteiger partial charge on any atom is -0.341 e. The summed E-state index contributed by atoms with van der Waals surface area (Å²) in [5, 5.41) is 0. The molecule has 1 fully saturated rings. The predicted molar refractivity (Wildman–Crippen MR) is 74.7 cm³/mol. The molecule has 1 aromatic rings. The maximum Gasteiger partial charge on any atom is 0.225 e. The number of nitrogens with zero attached hydrogens (tertiary/aromatic N) is 3. The van der Waals surface area contributed by atoms with Crippen molar-refractivity contribution in [1.29, 1.82) is 0 Å². The van der Waals surface area contributed by atoms with Crippen LogP contribution in [-0.2, 0) is 6.42 Å². The van der Waals surface area contributed by atoms with Gasteiger partial charge < -0.3 is 10.6 Å². The molecule has 1 atom stereocenters. The molecular weight excluding hydrogens is 224 g/mol. The highest BCUT2D eigenvalue weighted by Gasteiger charge is 2.11. The second-order valence-electron chi connectivity index (χ2n) is 5.33. The zero-order chi connectivity index (χ0) is 12.8. The zero-order valence-electron chi connectivity index (χ0n) is 11.3. The zero-order valence-corrected chi connectivity index (χ0v) is 11.3. The van der Waals surface area contributed by atoms with E-state index in [1.165, 1.54) is 32.1 Å². The van der Waals surface area contributed by atoms with E-state index in [1.807, 2.05) is 19.3 Å². The lowest BCUT2D eigenvalue weighted by Crippen LogP contribution is -2.28.